The van der Waals surface area contributed by atoms with Gasteiger partial charge in [-0.3, -0.25) is 4.79 Å². The van der Waals surface area contributed by atoms with E-state index in [1.807, 2.05) is 24.3 Å². The molecule has 1 N–H and O–H groups in total. The van der Waals surface area contributed by atoms with E-state index in [2.05, 4.69) is 5.32 Å². The van der Waals surface area contributed by atoms with Crippen LogP contribution in [0, 0.1) is 5.82 Å². The minimum atomic E-state index is -0.409. The molecule has 0 fully saturated rings. The van der Waals surface area contributed by atoms with Crippen LogP contribution in [0.5, 0.6) is 0 Å². The van der Waals surface area contributed by atoms with Crippen LogP contribution in [-0.2, 0) is 6.42 Å². The molecule has 0 aliphatic rings. The highest BCUT2D eigenvalue weighted by atomic mass is 35.5. The number of rotatable bonds is 5. The van der Waals surface area contributed by atoms with Crippen LogP contribution in [0.1, 0.15) is 22.3 Å². The zero-order valence-corrected chi connectivity index (χ0v) is 11.7. The maximum Gasteiger partial charge on any atom is 0.251 e. The third-order valence-corrected chi connectivity index (χ3v) is 3.32. The minimum absolute atomic E-state index is 0.261. The van der Waals surface area contributed by atoms with Gasteiger partial charge < -0.3 is 5.32 Å². The Morgan fingerprint density at radius 2 is 1.95 bits per heavy atom. The molecule has 0 aliphatic heterocycles. The van der Waals surface area contributed by atoms with E-state index in [-0.39, 0.29) is 5.91 Å². The normalized spacial score (nSPS) is 10.3. The van der Waals surface area contributed by atoms with Crippen LogP contribution >= 0.6 is 11.6 Å². The first-order valence-corrected chi connectivity index (χ1v) is 6.82. The van der Waals surface area contributed by atoms with Crippen molar-refractivity contribution in [3.05, 3.63) is 70.5 Å². The Bertz CT molecular complexity index is 601. The standard InChI is InChI=1S/C16H15ClFNO/c17-15-9-2-1-5-12(15)7-4-10-19-16(20)13-6-3-8-14(18)11-13/h1-3,5-6,8-9,11H,4,7,10H2,(H,19,20). The Morgan fingerprint density at radius 1 is 1.15 bits per heavy atom. The van der Waals surface area contributed by atoms with Gasteiger partial charge in [-0.2, -0.15) is 0 Å². The monoisotopic (exact) mass is 291 g/mol. The van der Waals surface area contributed by atoms with Gasteiger partial charge in [0.05, 0.1) is 0 Å². The molecule has 0 unspecified atom stereocenters. The first-order chi connectivity index (χ1) is 9.66. The summed E-state index contributed by atoms with van der Waals surface area (Å²) in [6, 6.07) is 13.3. The molecule has 0 saturated carbocycles. The Balaban J connectivity index is 1.79. The average Bonchev–Trinajstić information content (AvgIpc) is 2.45. The molecule has 20 heavy (non-hydrogen) atoms. The lowest BCUT2D eigenvalue weighted by molar-refractivity contribution is 0.0953. The molecule has 0 spiro atoms. The maximum absolute atomic E-state index is 13.0. The van der Waals surface area contributed by atoms with Crippen LogP contribution in [0.25, 0.3) is 0 Å². The number of aryl methyl sites for hydroxylation is 1. The first-order valence-electron chi connectivity index (χ1n) is 6.44. The van der Waals surface area contributed by atoms with E-state index in [0.717, 1.165) is 23.4 Å². The molecule has 2 aromatic rings. The van der Waals surface area contributed by atoms with Gasteiger partial charge in [0.1, 0.15) is 5.82 Å². The molecule has 0 radical (unpaired) electrons. The van der Waals surface area contributed by atoms with Crippen molar-refractivity contribution in [3.63, 3.8) is 0 Å². The average molecular weight is 292 g/mol. The van der Waals surface area contributed by atoms with Gasteiger partial charge in [0.2, 0.25) is 0 Å². The van der Waals surface area contributed by atoms with Crippen molar-refractivity contribution in [2.45, 2.75) is 12.8 Å². The second-order valence-electron chi connectivity index (χ2n) is 4.46. The molecule has 1 amide bonds. The number of hydrogen-bond acceptors (Lipinski definition) is 1. The van der Waals surface area contributed by atoms with Gasteiger partial charge in [0.15, 0.2) is 0 Å². The van der Waals surface area contributed by atoms with Crippen molar-refractivity contribution < 1.29 is 9.18 Å². The Kier molecular flexibility index (Phi) is 5.13. The fourth-order valence-electron chi connectivity index (χ4n) is 1.91. The van der Waals surface area contributed by atoms with E-state index >= 15 is 0 Å². The molecule has 0 saturated heterocycles. The third-order valence-electron chi connectivity index (χ3n) is 2.95. The van der Waals surface area contributed by atoms with Crippen molar-refractivity contribution in [1.82, 2.24) is 5.32 Å². The number of carbonyl (C=O) groups excluding carboxylic acids is 1. The maximum atomic E-state index is 13.0. The Morgan fingerprint density at radius 3 is 2.70 bits per heavy atom. The summed E-state index contributed by atoms with van der Waals surface area (Å²) in [5.74, 6) is -0.669. The van der Waals surface area contributed by atoms with E-state index in [4.69, 9.17) is 11.6 Å². The molecule has 0 aliphatic carbocycles. The van der Waals surface area contributed by atoms with Crippen LogP contribution in [0.3, 0.4) is 0 Å². The van der Waals surface area contributed by atoms with E-state index in [9.17, 15) is 9.18 Å². The summed E-state index contributed by atoms with van der Waals surface area (Å²) >= 11 is 6.05. The molecule has 2 aromatic carbocycles. The van der Waals surface area contributed by atoms with Gasteiger partial charge in [-0.05, 0) is 42.7 Å². The predicted octanol–water partition coefficient (Wildman–Crippen LogP) is 3.84. The van der Waals surface area contributed by atoms with Crippen molar-refractivity contribution in [2.75, 3.05) is 6.54 Å². The van der Waals surface area contributed by atoms with Gasteiger partial charge in [-0.15, -0.1) is 0 Å². The lowest BCUT2D eigenvalue weighted by atomic mass is 10.1. The SMILES string of the molecule is O=C(NCCCc1ccccc1Cl)c1cccc(F)c1. The van der Waals surface area contributed by atoms with E-state index in [1.165, 1.54) is 18.2 Å². The smallest absolute Gasteiger partial charge is 0.251 e. The highest BCUT2D eigenvalue weighted by molar-refractivity contribution is 6.31. The number of nitrogens with one attached hydrogen (secondary N) is 1. The fraction of sp³-hybridized carbons (Fsp3) is 0.188. The molecule has 4 heteroatoms. The molecular weight excluding hydrogens is 277 g/mol. The second kappa shape index (κ2) is 7.06. The lowest BCUT2D eigenvalue weighted by Gasteiger charge is -2.06. The van der Waals surface area contributed by atoms with E-state index < -0.39 is 5.82 Å². The number of amides is 1. The number of halogens is 2. The predicted molar refractivity (Wildman–Crippen MR) is 78.5 cm³/mol. The summed E-state index contributed by atoms with van der Waals surface area (Å²) < 4.78 is 13.0. The molecular formula is C16H15ClFNO. The Hall–Kier alpha value is -1.87. The fourth-order valence-corrected chi connectivity index (χ4v) is 2.14. The lowest BCUT2D eigenvalue weighted by Crippen LogP contribution is -2.24. The highest BCUT2D eigenvalue weighted by Crippen LogP contribution is 2.16. The summed E-state index contributed by atoms with van der Waals surface area (Å²) in [6.45, 7) is 0.528. The molecule has 0 bridgehead atoms. The van der Waals surface area contributed by atoms with Gasteiger partial charge in [-0.1, -0.05) is 35.9 Å². The third kappa shape index (κ3) is 4.07. The van der Waals surface area contributed by atoms with Crippen LogP contribution < -0.4 is 5.32 Å². The molecule has 0 atom stereocenters. The molecule has 2 nitrogen and oxygen atoms in total. The van der Waals surface area contributed by atoms with Gasteiger partial charge in [-0.25, -0.2) is 4.39 Å². The second-order valence-corrected chi connectivity index (χ2v) is 4.87. The summed E-state index contributed by atoms with van der Waals surface area (Å²) in [5, 5.41) is 3.51. The molecule has 104 valence electrons. The van der Waals surface area contributed by atoms with Gasteiger partial charge >= 0.3 is 0 Å². The quantitative estimate of drug-likeness (QED) is 0.833. The first kappa shape index (κ1) is 14.5. The van der Waals surface area contributed by atoms with Crippen LogP contribution in [0.4, 0.5) is 4.39 Å². The van der Waals surface area contributed by atoms with Crippen molar-refractivity contribution in [3.8, 4) is 0 Å². The summed E-state index contributed by atoms with van der Waals surface area (Å²) in [6.07, 6.45) is 1.58. The number of hydrogen-bond donors (Lipinski definition) is 1. The minimum Gasteiger partial charge on any atom is -0.352 e. The number of benzene rings is 2. The van der Waals surface area contributed by atoms with Crippen LogP contribution in [-0.4, -0.2) is 12.5 Å². The van der Waals surface area contributed by atoms with E-state index in [1.54, 1.807) is 6.07 Å². The summed E-state index contributed by atoms with van der Waals surface area (Å²) in [5.41, 5.74) is 1.40. The van der Waals surface area contributed by atoms with Crippen molar-refractivity contribution in [2.24, 2.45) is 0 Å². The number of carbonyl (C=O) groups is 1. The van der Waals surface area contributed by atoms with Crippen molar-refractivity contribution in [1.29, 1.82) is 0 Å². The van der Waals surface area contributed by atoms with Gasteiger partial charge in [0.25, 0.3) is 5.91 Å². The molecule has 0 aromatic heterocycles. The topological polar surface area (TPSA) is 29.1 Å². The summed E-state index contributed by atoms with van der Waals surface area (Å²) in [7, 11) is 0. The summed E-state index contributed by atoms with van der Waals surface area (Å²) in [4.78, 5) is 11.8. The van der Waals surface area contributed by atoms with Crippen LogP contribution in [0.15, 0.2) is 48.5 Å². The zero-order valence-electron chi connectivity index (χ0n) is 10.9. The van der Waals surface area contributed by atoms with Crippen molar-refractivity contribution >= 4 is 17.5 Å². The van der Waals surface area contributed by atoms with Crippen LogP contribution in [0.2, 0.25) is 5.02 Å². The zero-order chi connectivity index (χ0) is 14.4. The molecule has 0 heterocycles. The highest BCUT2D eigenvalue weighted by Gasteiger charge is 2.05. The van der Waals surface area contributed by atoms with Gasteiger partial charge in [0, 0.05) is 17.1 Å². The molecule has 2 rings (SSSR count). The Labute approximate surface area is 122 Å². The largest absolute Gasteiger partial charge is 0.352 e. The van der Waals surface area contributed by atoms with E-state index in [0.29, 0.717) is 12.1 Å².